The van der Waals surface area contributed by atoms with Gasteiger partial charge in [-0.05, 0) is 0 Å². The van der Waals surface area contributed by atoms with Crippen LogP contribution in [0.1, 0.15) is 25.7 Å². The van der Waals surface area contributed by atoms with Crippen LogP contribution in [0.25, 0.3) is 0 Å². The number of hydrogen-bond donors (Lipinski definition) is 1. The van der Waals surface area contributed by atoms with E-state index in [9.17, 15) is 0 Å². The van der Waals surface area contributed by atoms with E-state index in [1.54, 1.807) is 0 Å². The summed E-state index contributed by atoms with van der Waals surface area (Å²) in [6, 6.07) is 0. The minimum atomic E-state index is -1.59. The Labute approximate surface area is 103 Å². The SMILES string of the molecule is C=C[CH2][Ge]1([CH2]C=C)[CH2]CC2(CCCN2)C[CH2]1. The second kappa shape index (κ2) is 5.09. The molecule has 0 aliphatic carbocycles. The molecule has 1 spiro atoms. The average Bonchev–Trinajstić information content (AvgIpc) is 2.73. The van der Waals surface area contributed by atoms with Crippen LogP contribution in [0.5, 0.6) is 0 Å². The van der Waals surface area contributed by atoms with Gasteiger partial charge >= 0.3 is 103 Å². The summed E-state index contributed by atoms with van der Waals surface area (Å²) in [5.41, 5.74) is 0.553. The average molecular weight is 280 g/mol. The molecule has 0 aromatic heterocycles. The molecule has 2 aliphatic heterocycles. The van der Waals surface area contributed by atoms with Crippen LogP contribution in [-0.4, -0.2) is 25.3 Å². The molecule has 2 heteroatoms. The number of rotatable bonds is 4. The zero-order chi connectivity index (χ0) is 11.5. The predicted molar refractivity (Wildman–Crippen MR) is 74.6 cm³/mol. The standard InChI is InChI=1S/C14H25GeN/c1-3-9-15(10-4-2)11-7-14(8-12-15)6-5-13-16-14/h3-4,16H,1-2,5-13H2. The number of allylic oxidation sites excluding steroid dienone is 2. The summed E-state index contributed by atoms with van der Waals surface area (Å²) in [4.78, 5) is 0. The van der Waals surface area contributed by atoms with Gasteiger partial charge in [-0.2, -0.15) is 0 Å². The maximum absolute atomic E-state index is 3.97. The molecule has 0 aromatic carbocycles. The van der Waals surface area contributed by atoms with E-state index < -0.39 is 13.3 Å². The summed E-state index contributed by atoms with van der Waals surface area (Å²) in [6.07, 6.45) is 10.1. The van der Waals surface area contributed by atoms with Gasteiger partial charge in [0.2, 0.25) is 0 Å². The van der Waals surface area contributed by atoms with Gasteiger partial charge in [0.15, 0.2) is 0 Å². The van der Waals surface area contributed by atoms with Crippen molar-refractivity contribution in [1.29, 1.82) is 0 Å². The Bertz CT molecular complexity index is 244. The van der Waals surface area contributed by atoms with Crippen molar-refractivity contribution in [2.24, 2.45) is 0 Å². The molecule has 0 aromatic rings. The van der Waals surface area contributed by atoms with Crippen molar-refractivity contribution in [3.05, 3.63) is 25.3 Å². The second-order valence-electron chi connectivity index (χ2n) is 5.80. The van der Waals surface area contributed by atoms with Crippen LogP contribution in [0.15, 0.2) is 25.3 Å². The van der Waals surface area contributed by atoms with Crippen LogP contribution in [-0.2, 0) is 0 Å². The molecule has 2 rings (SSSR count). The van der Waals surface area contributed by atoms with Crippen molar-refractivity contribution in [2.45, 2.75) is 52.2 Å². The van der Waals surface area contributed by atoms with Crippen LogP contribution in [0.3, 0.4) is 0 Å². The fourth-order valence-electron chi connectivity index (χ4n) is 3.66. The Balaban J connectivity index is 1.99. The molecule has 2 saturated heterocycles. The first-order valence-corrected chi connectivity index (χ1v) is 12.6. The summed E-state index contributed by atoms with van der Waals surface area (Å²) >= 11 is -1.59. The van der Waals surface area contributed by atoms with E-state index >= 15 is 0 Å². The summed E-state index contributed by atoms with van der Waals surface area (Å²) in [6.45, 7) is 9.19. The zero-order valence-electron chi connectivity index (χ0n) is 10.4. The Morgan fingerprint density at radius 3 is 2.12 bits per heavy atom. The first-order valence-electron chi connectivity index (χ1n) is 6.71. The molecule has 16 heavy (non-hydrogen) atoms. The Morgan fingerprint density at radius 2 is 1.69 bits per heavy atom. The zero-order valence-corrected chi connectivity index (χ0v) is 12.5. The normalized spacial score (nSPS) is 26.8. The van der Waals surface area contributed by atoms with Gasteiger partial charge < -0.3 is 0 Å². The van der Waals surface area contributed by atoms with Crippen molar-refractivity contribution < 1.29 is 0 Å². The van der Waals surface area contributed by atoms with Crippen LogP contribution >= 0.6 is 0 Å². The molecule has 1 N–H and O–H groups in total. The van der Waals surface area contributed by atoms with E-state index in [0.717, 1.165) is 0 Å². The van der Waals surface area contributed by atoms with E-state index in [4.69, 9.17) is 0 Å². The van der Waals surface area contributed by atoms with E-state index in [1.807, 2.05) is 0 Å². The van der Waals surface area contributed by atoms with E-state index in [0.29, 0.717) is 5.54 Å². The fraction of sp³-hybridized carbons (Fsp3) is 0.714. The van der Waals surface area contributed by atoms with Crippen molar-refractivity contribution in [3.63, 3.8) is 0 Å². The molecule has 90 valence electrons. The van der Waals surface area contributed by atoms with Crippen LogP contribution < -0.4 is 5.32 Å². The third kappa shape index (κ3) is 2.46. The van der Waals surface area contributed by atoms with Crippen LogP contribution in [0.2, 0.25) is 21.0 Å². The van der Waals surface area contributed by atoms with Gasteiger partial charge in [0, 0.05) is 0 Å². The molecule has 2 heterocycles. The molecule has 0 saturated carbocycles. The molecule has 0 bridgehead atoms. The Kier molecular flexibility index (Phi) is 3.96. The molecule has 0 radical (unpaired) electrons. The predicted octanol–water partition coefficient (Wildman–Crippen LogP) is 3.72. The number of hydrogen-bond acceptors (Lipinski definition) is 1. The third-order valence-corrected chi connectivity index (χ3v) is 15.1. The summed E-state index contributed by atoms with van der Waals surface area (Å²) in [5, 5.41) is 9.54. The van der Waals surface area contributed by atoms with Gasteiger partial charge in [-0.25, -0.2) is 0 Å². The minimum absolute atomic E-state index is 0.553. The van der Waals surface area contributed by atoms with Crippen molar-refractivity contribution in [1.82, 2.24) is 5.32 Å². The summed E-state index contributed by atoms with van der Waals surface area (Å²) in [5.74, 6) is 0. The van der Waals surface area contributed by atoms with E-state index in [2.05, 4.69) is 30.6 Å². The van der Waals surface area contributed by atoms with Crippen LogP contribution in [0, 0.1) is 0 Å². The van der Waals surface area contributed by atoms with Gasteiger partial charge in [-0.1, -0.05) is 0 Å². The van der Waals surface area contributed by atoms with Gasteiger partial charge in [0.1, 0.15) is 0 Å². The fourth-order valence-corrected chi connectivity index (χ4v) is 13.0. The molecule has 0 atom stereocenters. The molecule has 0 amide bonds. The van der Waals surface area contributed by atoms with Gasteiger partial charge in [0.25, 0.3) is 0 Å². The second-order valence-corrected chi connectivity index (χ2v) is 15.9. The molecule has 1 nitrogen and oxygen atoms in total. The Hall–Kier alpha value is -0.0171. The number of nitrogens with one attached hydrogen (secondary N) is 1. The Morgan fingerprint density at radius 1 is 1.06 bits per heavy atom. The third-order valence-electron chi connectivity index (χ3n) is 4.75. The molecule has 2 aliphatic rings. The molecular formula is C14H25GeN. The monoisotopic (exact) mass is 281 g/mol. The summed E-state index contributed by atoms with van der Waals surface area (Å²) in [7, 11) is 0. The molecule has 2 fully saturated rings. The summed E-state index contributed by atoms with van der Waals surface area (Å²) < 4.78 is 0. The van der Waals surface area contributed by atoms with Crippen LogP contribution in [0.4, 0.5) is 0 Å². The van der Waals surface area contributed by atoms with Gasteiger partial charge in [-0.15, -0.1) is 0 Å². The maximum atomic E-state index is 3.97. The molecule has 0 unspecified atom stereocenters. The van der Waals surface area contributed by atoms with E-state index in [1.165, 1.54) is 53.2 Å². The first kappa shape index (κ1) is 12.4. The first-order chi connectivity index (χ1) is 7.74. The van der Waals surface area contributed by atoms with Crippen molar-refractivity contribution >= 4 is 13.3 Å². The van der Waals surface area contributed by atoms with Crippen molar-refractivity contribution in [2.75, 3.05) is 6.54 Å². The molecular weight excluding hydrogens is 255 g/mol. The van der Waals surface area contributed by atoms with Gasteiger partial charge in [-0.3, -0.25) is 0 Å². The quantitative estimate of drug-likeness (QED) is 0.611. The topological polar surface area (TPSA) is 12.0 Å². The van der Waals surface area contributed by atoms with Crippen molar-refractivity contribution in [3.8, 4) is 0 Å². The van der Waals surface area contributed by atoms with E-state index in [-0.39, 0.29) is 0 Å². The van der Waals surface area contributed by atoms with Gasteiger partial charge in [0.05, 0.1) is 0 Å².